The minimum atomic E-state index is -3.26. The summed E-state index contributed by atoms with van der Waals surface area (Å²) < 4.78 is 29.5. The number of ether oxygens (including phenoxy) is 1. The fraction of sp³-hybridized carbons (Fsp3) is 0.0769. The van der Waals surface area contributed by atoms with Crippen LogP contribution in [0.25, 0.3) is 0 Å². The lowest BCUT2D eigenvalue weighted by Gasteiger charge is -2.09. The second kappa shape index (κ2) is 5.38. The van der Waals surface area contributed by atoms with Crippen LogP contribution >= 0.6 is 22.6 Å². The van der Waals surface area contributed by atoms with E-state index in [1.54, 1.807) is 6.07 Å². The molecule has 0 aliphatic rings. The number of benzene rings is 2. The highest BCUT2D eigenvalue weighted by atomic mass is 127. The maximum absolute atomic E-state index is 11.4. The predicted molar refractivity (Wildman–Crippen MR) is 83.2 cm³/mol. The Balaban J connectivity index is 2.29. The highest BCUT2D eigenvalue weighted by Gasteiger charge is 2.10. The molecule has 0 saturated heterocycles. The van der Waals surface area contributed by atoms with Crippen LogP contribution in [0.4, 0.5) is 5.69 Å². The predicted octanol–water partition coefficient (Wildman–Crippen LogP) is 3.07. The largest absolute Gasteiger partial charge is 0.455 e. The Kier molecular flexibility index (Phi) is 4.00. The molecule has 0 unspecified atom stereocenters. The lowest BCUT2D eigenvalue weighted by molar-refractivity contribution is 0.484. The third-order valence-corrected chi connectivity index (χ3v) is 4.28. The fourth-order valence-electron chi connectivity index (χ4n) is 1.48. The standard InChI is InChI=1S/C13H12INO3S/c1-19(16,17)11-6-7-13(12(15)8-11)18-10-4-2-9(14)3-5-10/h2-8H,15H2,1H3. The molecule has 0 aromatic heterocycles. The summed E-state index contributed by atoms with van der Waals surface area (Å²) in [5.74, 6) is 1.09. The molecular weight excluding hydrogens is 377 g/mol. The topological polar surface area (TPSA) is 69.4 Å². The van der Waals surface area contributed by atoms with Crippen molar-refractivity contribution in [1.82, 2.24) is 0 Å². The summed E-state index contributed by atoms with van der Waals surface area (Å²) in [6, 6.07) is 11.9. The maximum atomic E-state index is 11.4. The summed E-state index contributed by atoms with van der Waals surface area (Å²) in [5, 5.41) is 0. The molecule has 2 aromatic carbocycles. The van der Waals surface area contributed by atoms with Gasteiger partial charge in [0.05, 0.1) is 10.6 Å². The molecule has 0 radical (unpaired) electrons. The van der Waals surface area contributed by atoms with Gasteiger partial charge < -0.3 is 10.5 Å². The molecule has 0 heterocycles. The Morgan fingerprint density at radius 3 is 2.26 bits per heavy atom. The summed E-state index contributed by atoms with van der Waals surface area (Å²) in [7, 11) is -3.26. The highest BCUT2D eigenvalue weighted by molar-refractivity contribution is 14.1. The third-order valence-electron chi connectivity index (χ3n) is 2.45. The van der Waals surface area contributed by atoms with Gasteiger partial charge in [-0.25, -0.2) is 8.42 Å². The number of hydrogen-bond acceptors (Lipinski definition) is 4. The van der Waals surface area contributed by atoms with Crippen molar-refractivity contribution >= 4 is 38.1 Å². The van der Waals surface area contributed by atoms with Crippen molar-refractivity contribution in [1.29, 1.82) is 0 Å². The molecule has 0 fully saturated rings. The number of nitrogen functional groups attached to an aromatic ring is 1. The summed E-state index contributed by atoms with van der Waals surface area (Å²) in [5.41, 5.74) is 6.10. The maximum Gasteiger partial charge on any atom is 0.175 e. The molecule has 0 spiro atoms. The van der Waals surface area contributed by atoms with E-state index in [0.717, 1.165) is 9.83 Å². The molecule has 2 N–H and O–H groups in total. The molecule has 0 atom stereocenters. The van der Waals surface area contributed by atoms with Gasteiger partial charge in [-0.15, -0.1) is 0 Å². The van der Waals surface area contributed by atoms with Gasteiger partial charge in [0.25, 0.3) is 0 Å². The van der Waals surface area contributed by atoms with E-state index in [9.17, 15) is 8.42 Å². The van der Waals surface area contributed by atoms with Crippen molar-refractivity contribution < 1.29 is 13.2 Å². The molecular formula is C13H12INO3S. The van der Waals surface area contributed by atoms with Crippen molar-refractivity contribution in [2.24, 2.45) is 0 Å². The van der Waals surface area contributed by atoms with Gasteiger partial charge in [-0.3, -0.25) is 0 Å². The lowest BCUT2D eigenvalue weighted by atomic mass is 10.3. The zero-order chi connectivity index (χ0) is 14.0. The van der Waals surface area contributed by atoms with Crippen LogP contribution in [0, 0.1) is 3.57 Å². The minimum Gasteiger partial charge on any atom is -0.455 e. The SMILES string of the molecule is CS(=O)(=O)c1ccc(Oc2ccc(I)cc2)c(N)c1. The van der Waals surface area contributed by atoms with Crippen LogP contribution in [0.5, 0.6) is 11.5 Å². The van der Waals surface area contributed by atoms with Crippen LogP contribution < -0.4 is 10.5 Å². The summed E-state index contributed by atoms with van der Waals surface area (Å²) >= 11 is 2.20. The van der Waals surface area contributed by atoms with Crippen LogP contribution in [0.3, 0.4) is 0 Å². The molecule has 100 valence electrons. The Hall–Kier alpha value is -1.28. The number of anilines is 1. The number of sulfone groups is 1. The summed E-state index contributed by atoms with van der Waals surface area (Å²) in [6.45, 7) is 0. The number of halogens is 1. The highest BCUT2D eigenvalue weighted by Crippen LogP contribution is 2.29. The van der Waals surface area contributed by atoms with Gasteiger partial charge in [-0.1, -0.05) is 0 Å². The van der Waals surface area contributed by atoms with Gasteiger partial charge >= 0.3 is 0 Å². The van der Waals surface area contributed by atoms with Gasteiger partial charge in [-0.05, 0) is 65.1 Å². The van der Waals surface area contributed by atoms with E-state index in [4.69, 9.17) is 10.5 Å². The van der Waals surface area contributed by atoms with Gasteiger partial charge in [0.15, 0.2) is 9.84 Å². The van der Waals surface area contributed by atoms with E-state index >= 15 is 0 Å². The van der Waals surface area contributed by atoms with Gasteiger partial charge in [0.1, 0.15) is 11.5 Å². The Labute approximate surface area is 125 Å². The van der Waals surface area contributed by atoms with Gasteiger partial charge in [0, 0.05) is 9.83 Å². The van der Waals surface area contributed by atoms with E-state index in [2.05, 4.69) is 22.6 Å². The third kappa shape index (κ3) is 3.60. The Morgan fingerprint density at radius 2 is 1.74 bits per heavy atom. The molecule has 0 saturated carbocycles. The van der Waals surface area contributed by atoms with Crippen LogP contribution in [0.2, 0.25) is 0 Å². The lowest BCUT2D eigenvalue weighted by Crippen LogP contribution is -1.99. The molecule has 2 rings (SSSR count). The van der Waals surface area contributed by atoms with Crippen molar-refractivity contribution in [2.45, 2.75) is 4.90 Å². The number of rotatable bonds is 3. The summed E-state index contributed by atoms with van der Waals surface area (Å²) in [6.07, 6.45) is 1.14. The van der Waals surface area contributed by atoms with E-state index in [1.165, 1.54) is 12.1 Å². The quantitative estimate of drug-likeness (QED) is 0.647. The monoisotopic (exact) mass is 389 g/mol. The molecule has 0 aliphatic carbocycles. The first-order valence-corrected chi connectivity index (χ1v) is 8.36. The second-order valence-corrected chi connectivity index (χ2v) is 7.29. The minimum absolute atomic E-state index is 0.181. The molecule has 4 nitrogen and oxygen atoms in total. The zero-order valence-corrected chi connectivity index (χ0v) is 13.1. The number of nitrogens with two attached hydrogens (primary N) is 1. The Morgan fingerprint density at radius 1 is 1.11 bits per heavy atom. The van der Waals surface area contributed by atoms with E-state index in [0.29, 0.717) is 17.2 Å². The molecule has 2 aromatic rings. The molecule has 6 heteroatoms. The molecule has 19 heavy (non-hydrogen) atoms. The zero-order valence-electron chi connectivity index (χ0n) is 10.1. The van der Waals surface area contributed by atoms with Crippen molar-refractivity contribution in [2.75, 3.05) is 12.0 Å². The first-order chi connectivity index (χ1) is 8.86. The van der Waals surface area contributed by atoms with E-state index < -0.39 is 9.84 Å². The van der Waals surface area contributed by atoms with Crippen molar-refractivity contribution in [3.05, 3.63) is 46.0 Å². The van der Waals surface area contributed by atoms with E-state index in [1.807, 2.05) is 24.3 Å². The van der Waals surface area contributed by atoms with Crippen molar-refractivity contribution in [3.63, 3.8) is 0 Å². The Bertz CT molecular complexity index is 696. The summed E-state index contributed by atoms with van der Waals surface area (Å²) in [4.78, 5) is 0.181. The fourth-order valence-corrected chi connectivity index (χ4v) is 2.50. The normalized spacial score (nSPS) is 11.3. The van der Waals surface area contributed by atoms with Gasteiger partial charge in [0.2, 0.25) is 0 Å². The van der Waals surface area contributed by atoms with Gasteiger partial charge in [-0.2, -0.15) is 0 Å². The molecule has 0 aliphatic heterocycles. The van der Waals surface area contributed by atoms with Crippen LogP contribution in [0.15, 0.2) is 47.4 Å². The molecule has 0 amide bonds. The first-order valence-electron chi connectivity index (χ1n) is 5.39. The second-order valence-electron chi connectivity index (χ2n) is 4.03. The van der Waals surface area contributed by atoms with Crippen LogP contribution in [-0.4, -0.2) is 14.7 Å². The number of hydrogen-bond donors (Lipinski definition) is 1. The van der Waals surface area contributed by atoms with Crippen LogP contribution in [-0.2, 0) is 9.84 Å². The first kappa shape index (κ1) is 14.1. The molecule has 0 bridgehead atoms. The van der Waals surface area contributed by atoms with Crippen molar-refractivity contribution in [3.8, 4) is 11.5 Å². The average Bonchev–Trinajstić information content (AvgIpc) is 2.33. The average molecular weight is 389 g/mol. The van der Waals surface area contributed by atoms with Crippen LogP contribution in [0.1, 0.15) is 0 Å². The smallest absolute Gasteiger partial charge is 0.175 e. The van der Waals surface area contributed by atoms with E-state index in [-0.39, 0.29) is 4.90 Å².